The van der Waals surface area contributed by atoms with E-state index < -0.39 is 11.7 Å². The number of hydrogen-bond donors (Lipinski definition) is 1. The Morgan fingerprint density at radius 3 is 2.35 bits per heavy atom. The zero-order chi connectivity index (χ0) is 16.4. The van der Waals surface area contributed by atoms with Crippen molar-refractivity contribution >= 4 is 23.4 Å². The molecule has 1 aromatic carbocycles. The van der Waals surface area contributed by atoms with Crippen molar-refractivity contribution in [3.63, 3.8) is 0 Å². The highest BCUT2D eigenvalue weighted by molar-refractivity contribution is 6.05. The molecule has 3 amide bonds. The van der Waals surface area contributed by atoms with Crippen LogP contribution in [0.2, 0.25) is 0 Å². The van der Waals surface area contributed by atoms with Gasteiger partial charge in [0.05, 0.1) is 17.5 Å². The third-order valence-corrected chi connectivity index (χ3v) is 4.31. The van der Waals surface area contributed by atoms with Gasteiger partial charge in [0.15, 0.2) is 0 Å². The second-order valence-electron chi connectivity index (χ2n) is 5.76. The van der Waals surface area contributed by atoms with Gasteiger partial charge in [0, 0.05) is 13.0 Å². The molecular weight excluding hydrogens is 299 g/mol. The predicted molar refractivity (Wildman–Crippen MR) is 81.7 cm³/mol. The van der Waals surface area contributed by atoms with E-state index in [1.165, 1.54) is 23.1 Å². The van der Waals surface area contributed by atoms with Gasteiger partial charge in [-0.2, -0.15) is 0 Å². The van der Waals surface area contributed by atoms with Crippen LogP contribution in [-0.2, 0) is 14.4 Å². The SMILES string of the molecule is O=C(CCN1C(=O)[C@@H]2CC=CC[C@H]2C1=O)Nc1ccccc1F. The summed E-state index contributed by atoms with van der Waals surface area (Å²) >= 11 is 0. The van der Waals surface area contributed by atoms with Crippen LogP contribution in [-0.4, -0.2) is 29.2 Å². The molecular formula is C17H17FN2O3. The van der Waals surface area contributed by atoms with Crippen LogP contribution in [0.4, 0.5) is 10.1 Å². The van der Waals surface area contributed by atoms with Gasteiger partial charge in [0.1, 0.15) is 5.82 Å². The van der Waals surface area contributed by atoms with Crippen molar-refractivity contribution in [1.82, 2.24) is 4.90 Å². The number of nitrogens with one attached hydrogen (secondary N) is 1. The molecule has 0 aromatic heterocycles. The summed E-state index contributed by atoms with van der Waals surface area (Å²) in [6.45, 7) is 0.0327. The summed E-state index contributed by atoms with van der Waals surface area (Å²) < 4.78 is 13.5. The van der Waals surface area contributed by atoms with E-state index in [0.717, 1.165) is 0 Å². The number of carbonyl (C=O) groups excluding carboxylic acids is 3. The van der Waals surface area contributed by atoms with E-state index in [4.69, 9.17) is 0 Å². The van der Waals surface area contributed by atoms with Gasteiger partial charge >= 0.3 is 0 Å². The van der Waals surface area contributed by atoms with Gasteiger partial charge in [0.25, 0.3) is 0 Å². The molecule has 0 spiro atoms. The second-order valence-corrected chi connectivity index (χ2v) is 5.76. The Hall–Kier alpha value is -2.50. The van der Waals surface area contributed by atoms with Crippen molar-refractivity contribution in [3.05, 3.63) is 42.2 Å². The second kappa shape index (κ2) is 6.32. The standard InChI is InChI=1S/C17H17FN2O3/c18-13-7-3-4-8-14(13)19-15(21)9-10-20-16(22)11-5-1-2-6-12(11)17(20)23/h1-4,7-8,11-12H,5-6,9-10H2,(H,19,21)/t11-,12-/m1/s1. The van der Waals surface area contributed by atoms with Crippen LogP contribution in [0.1, 0.15) is 19.3 Å². The number of benzene rings is 1. The average molecular weight is 316 g/mol. The Kier molecular flexibility index (Phi) is 4.23. The summed E-state index contributed by atoms with van der Waals surface area (Å²) in [4.78, 5) is 37.6. The Morgan fingerprint density at radius 2 is 1.74 bits per heavy atom. The van der Waals surface area contributed by atoms with Crippen LogP contribution in [0, 0.1) is 17.7 Å². The highest BCUT2D eigenvalue weighted by Gasteiger charge is 2.46. The number of fused-ring (bicyclic) bond motifs is 1. The fraction of sp³-hybridized carbons (Fsp3) is 0.353. The largest absolute Gasteiger partial charge is 0.324 e. The number of halogens is 1. The maximum Gasteiger partial charge on any atom is 0.233 e. The van der Waals surface area contributed by atoms with Crippen LogP contribution in [0.5, 0.6) is 0 Å². The lowest BCUT2D eigenvalue weighted by atomic mass is 9.85. The van der Waals surface area contributed by atoms with Crippen LogP contribution >= 0.6 is 0 Å². The minimum absolute atomic E-state index is 0.0327. The Labute approximate surface area is 133 Å². The smallest absolute Gasteiger partial charge is 0.233 e. The summed E-state index contributed by atoms with van der Waals surface area (Å²) in [6, 6.07) is 5.85. The molecule has 120 valence electrons. The number of para-hydroxylation sites is 1. The third kappa shape index (κ3) is 3.02. The van der Waals surface area contributed by atoms with Gasteiger partial charge in [0.2, 0.25) is 17.7 Å². The predicted octanol–water partition coefficient (Wildman–Crippen LogP) is 2.11. The fourth-order valence-electron chi connectivity index (χ4n) is 3.08. The maximum absolute atomic E-state index is 13.5. The van der Waals surface area contributed by atoms with E-state index in [0.29, 0.717) is 12.8 Å². The number of allylic oxidation sites excluding steroid dienone is 2. The van der Waals surface area contributed by atoms with Crippen LogP contribution < -0.4 is 5.32 Å². The van der Waals surface area contributed by atoms with Gasteiger partial charge in [-0.1, -0.05) is 24.3 Å². The monoisotopic (exact) mass is 316 g/mol. The lowest BCUT2D eigenvalue weighted by Crippen LogP contribution is -2.34. The highest BCUT2D eigenvalue weighted by Crippen LogP contribution is 2.35. The molecule has 0 unspecified atom stereocenters. The molecule has 1 aliphatic carbocycles. The summed E-state index contributed by atoms with van der Waals surface area (Å²) in [6.07, 6.45) is 4.94. The molecule has 2 aliphatic rings. The first kappa shape index (κ1) is 15.4. The minimum Gasteiger partial charge on any atom is -0.324 e. The molecule has 1 fully saturated rings. The number of anilines is 1. The third-order valence-electron chi connectivity index (χ3n) is 4.31. The fourth-order valence-corrected chi connectivity index (χ4v) is 3.08. The summed E-state index contributed by atoms with van der Waals surface area (Å²) in [5, 5.41) is 2.45. The summed E-state index contributed by atoms with van der Waals surface area (Å²) in [7, 11) is 0. The molecule has 0 saturated carbocycles. The Morgan fingerprint density at radius 1 is 1.13 bits per heavy atom. The molecule has 2 atom stereocenters. The number of nitrogens with zero attached hydrogens (tertiary/aromatic N) is 1. The maximum atomic E-state index is 13.5. The van der Waals surface area contributed by atoms with Crippen LogP contribution in [0.15, 0.2) is 36.4 Å². The van der Waals surface area contributed by atoms with Gasteiger partial charge in [-0.15, -0.1) is 0 Å². The van der Waals surface area contributed by atoms with Crippen molar-refractivity contribution in [2.45, 2.75) is 19.3 Å². The Balaban J connectivity index is 1.58. The van der Waals surface area contributed by atoms with Crippen molar-refractivity contribution in [3.8, 4) is 0 Å². The van der Waals surface area contributed by atoms with E-state index in [9.17, 15) is 18.8 Å². The average Bonchev–Trinajstić information content (AvgIpc) is 2.80. The summed E-state index contributed by atoms with van der Waals surface area (Å²) in [5.74, 6) is -1.94. The number of rotatable bonds is 4. The van der Waals surface area contributed by atoms with E-state index >= 15 is 0 Å². The lowest BCUT2D eigenvalue weighted by molar-refractivity contribution is -0.140. The molecule has 3 rings (SSSR count). The Bertz CT molecular complexity index is 660. The number of imide groups is 1. The molecule has 1 heterocycles. The molecule has 6 heteroatoms. The molecule has 5 nitrogen and oxygen atoms in total. The summed E-state index contributed by atoms with van der Waals surface area (Å²) in [5.41, 5.74) is 0.0921. The first-order chi connectivity index (χ1) is 11.1. The minimum atomic E-state index is -0.522. The molecule has 1 aliphatic heterocycles. The lowest BCUT2D eigenvalue weighted by Gasteiger charge is -2.14. The van der Waals surface area contributed by atoms with Gasteiger partial charge in [-0.25, -0.2) is 4.39 Å². The number of likely N-dealkylation sites (tertiary alicyclic amines) is 1. The normalized spacial score (nSPS) is 23.1. The van der Waals surface area contributed by atoms with Crippen molar-refractivity contribution in [2.75, 3.05) is 11.9 Å². The zero-order valence-corrected chi connectivity index (χ0v) is 12.5. The zero-order valence-electron chi connectivity index (χ0n) is 12.5. The van der Waals surface area contributed by atoms with Crippen molar-refractivity contribution < 1.29 is 18.8 Å². The number of amides is 3. The number of carbonyl (C=O) groups is 3. The topological polar surface area (TPSA) is 66.5 Å². The molecule has 1 saturated heterocycles. The number of hydrogen-bond acceptors (Lipinski definition) is 3. The van der Waals surface area contributed by atoms with Gasteiger partial charge in [-0.05, 0) is 25.0 Å². The molecule has 0 radical (unpaired) electrons. The molecule has 23 heavy (non-hydrogen) atoms. The first-order valence-corrected chi connectivity index (χ1v) is 7.62. The molecule has 0 bridgehead atoms. The quantitative estimate of drug-likeness (QED) is 0.683. The molecule has 1 aromatic rings. The highest BCUT2D eigenvalue weighted by atomic mass is 19.1. The van der Waals surface area contributed by atoms with Gasteiger partial charge in [-0.3, -0.25) is 19.3 Å². The van der Waals surface area contributed by atoms with E-state index in [1.54, 1.807) is 6.07 Å². The van der Waals surface area contributed by atoms with E-state index in [1.807, 2.05) is 12.2 Å². The van der Waals surface area contributed by atoms with Crippen molar-refractivity contribution in [1.29, 1.82) is 0 Å². The first-order valence-electron chi connectivity index (χ1n) is 7.62. The molecule has 1 N–H and O–H groups in total. The van der Waals surface area contributed by atoms with E-state index in [-0.39, 0.29) is 42.3 Å². The van der Waals surface area contributed by atoms with Crippen LogP contribution in [0.25, 0.3) is 0 Å². The van der Waals surface area contributed by atoms with Crippen molar-refractivity contribution in [2.24, 2.45) is 11.8 Å². The van der Waals surface area contributed by atoms with Gasteiger partial charge < -0.3 is 5.32 Å². The van der Waals surface area contributed by atoms with Crippen LogP contribution in [0.3, 0.4) is 0 Å². The van der Waals surface area contributed by atoms with E-state index in [2.05, 4.69) is 5.32 Å².